The Kier molecular flexibility index (Phi) is 3.50. The molecule has 0 saturated heterocycles. The first-order valence-electron chi connectivity index (χ1n) is 6.92. The van der Waals surface area contributed by atoms with Crippen LogP contribution in [0.5, 0.6) is 5.88 Å². The fourth-order valence-corrected chi connectivity index (χ4v) is 2.46. The van der Waals surface area contributed by atoms with Crippen LogP contribution in [0, 0.1) is 0 Å². The molecule has 0 spiro atoms. The second kappa shape index (κ2) is 5.48. The van der Waals surface area contributed by atoms with E-state index in [1.54, 1.807) is 22.8 Å². The number of carbonyl (C=O) groups is 1. The molecule has 6 heteroatoms. The summed E-state index contributed by atoms with van der Waals surface area (Å²) in [6.07, 6.45) is 1.53. The third-order valence-corrected chi connectivity index (χ3v) is 3.52. The number of rotatable bonds is 4. The standard InChI is InChI=1S/C16H15N3O3/c1-3-18-12(15(20)11-7-5-4-6-8-11)10-19-14(18)9-13(22-2)17-16(19)21/h4-10H,3H2,1-2H3. The minimum atomic E-state index is -0.469. The second-order valence-electron chi connectivity index (χ2n) is 4.76. The van der Waals surface area contributed by atoms with Crippen LogP contribution < -0.4 is 10.4 Å². The maximum atomic E-state index is 12.7. The van der Waals surface area contributed by atoms with E-state index in [2.05, 4.69) is 4.98 Å². The summed E-state index contributed by atoms with van der Waals surface area (Å²) in [4.78, 5) is 28.5. The minimum Gasteiger partial charge on any atom is -0.481 e. The SMILES string of the molecule is CCn1c(C(=O)c2ccccc2)cn2c(=O)nc(OC)cc12. The normalized spacial score (nSPS) is 10.8. The largest absolute Gasteiger partial charge is 0.481 e. The van der Waals surface area contributed by atoms with Crippen molar-refractivity contribution in [1.82, 2.24) is 14.0 Å². The Morgan fingerprint density at radius 2 is 2.00 bits per heavy atom. The molecular weight excluding hydrogens is 282 g/mol. The van der Waals surface area contributed by atoms with Gasteiger partial charge in [-0.05, 0) is 6.92 Å². The number of ketones is 1. The van der Waals surface area contributed by atoms with Gasteiger partial charge in [0.1, 0.15) is 11.3 Å². The van der Waals surface area contributed by atoms with E-state index in [9.17, 15) is 9.59 Å². The highest BCUT2D eigenvalue weighted by Crippen LogP contribution is 2.16. The summed E-state index contributed by atoms with van der Waals surface area (Å²) in [5.74, 6) is 0.0982. The van der Waals surface area contributed by atoms with E-state index in [-0.39, 0.29) is 11.7 Å². The van der Waals surface area contributed by atoms with E-state index in [1.165, 1.54) is 17.7 Å². The lowest BCUT2D eigenvalue weighted by Crippen LogP contribution is -2.16. The van der Waals surface area contributed by atoms with E-state index >= 15 is 0 Å². The molecule has 0 aliphatic carbocycles. The smallest absolute Gasteiger partial charge is 0.356 e. The van der Waals surface area contributed by atoms with E-state index < -0.39 is 5.69 Å². The maximum Gasteiger partial charge on any atom is 0.356 e. The summed E-state index contributed by atoms with van der Waals surface area (Å²) in [5.41, 5.74) is 1.14. The Balaban J connectivity index is 2.25. The highest BCUT2D eigenvalue weighted by molar-refractivity contribution is 6.08. The van der Waals surface area contributed by atoms with Crippen LogP contribution in [0.3, 0.4) is 0 Å². The van der Waals surface area contributed by atoms with Gasteiger partial charge >= 0.3 is 5.69 Å². The van der Waals surface area contributed by atoms with Crippen molar-refractivity contribution in [2.45, 2.75) is 13.5 Å². The number of fused-ring (bicyclic) bond motifs is 1. The fraction of sp³-hybridized carbons (Fsp3) is 0.188. The summed E-state index contributed by atoms with van der Waals surface area (Å²) in [5, 5.41) is 0. The minimum absolute atomic E-state index is 0.135. The summed E-state index contributed by atoms with van der Waals surface area (Å²) in [6.45, 7) is 2.47. The van der Waals surface area contributed by atoms with Crippen molar-refractivity contribution in [3.63, 3.8) is 0 Å². The molecule has 2 aromatic heterocycles. The monoisotopic (exact) mass is 297 g/mol. The molecule has 3 rings (SSSR count). The van der Waals surface area contributed by atoms with Crippen molar-refractivity contribution in [3.05, 3.63) is 64.3 Å². The molecule has 2 heterocycles. The molecule has 22 heavy (non-hydrogen) atoms. The van der Waals surface area contributed by atoms with Crippen molar-refractivity contribution in [2.24, 2.45) is 0 Å². The predicted octanol–water partition coefficient (Wildman–Crippen LogP) is 1.76. The fourth-order valence-electron chi connectivity index (χ4n) is 2.46. The molecule has 1 aromatic carbocycles. The molecule has 0 N–H and O–H groups in total. The van der Waals surface area contributed by atoms with Crippen LogP contribution in [0.25, 0.3) is 5.65 Å². The first-order valence-corrected chi connectivity index (χ1v) is 6.92. The third kappa shape index (κ3) is 2.18. The number of benzene rings is 1. The van der Waals surface area contributed by atoms with Gasteiger partial charge in [-0.1, -0.05) is 30.3 Å². The van der Waals surface area contributed by atoms with Crippen LogP contribution in [0.15, 0.2) is 47.4 Å². The Labute approximate surface area is 126 Å². The molecule has 0 fully saturated rings. The van der Waals surface area contributed by atoms with E-state index in [4.69, 9.17) is 4.74 Å². The van der Waals surface area contributed by atoms with Crippen molar-refractivity contribution in [2.75, 3.05) is 7.11 Å². The molecule has 0 bridgehead atoms. The summed E-state index contributed by atoms with van der Waals surface area (Å²) < 4.78 is 8.18. The number of hydrogen-bond acceptors (Lipinski definition) is 4. The number of aromatic nitrogens is 3. The maximum absolute atomic E-state index is 12.7. The van der Waals surface area contributed by atoms with Gasteiger partial charge in [0.15, 0.2) is 0 Å². The quantitative estimate of drug-likeness (QED) is 0.688. The summed E-state index contributed by atoms with van der Waals surface area (Å²) in [7, 11) is 1.45. The van der Waals surface area contributed by atoms with Gasteiger partial charge in [-0.15, -0.1) is 0 Å². The van der Waals surface area contributed by atoms with Gasteiger partial charge in [0.05, 0.1) is 7.11 Å². The van der Waals surface area contributed by atoms with Crippen LogP contribution in [0.1, 0.15) is 23.0 Å². The zero-order chi connectivity index (χ0) is 15.7. The Morgan fingerprint density at radius 3 is 2.64 bits per heavy atom. The molecule has 0 saturated carbocycles. The Hall–Kier alpha value is -2.89. The first kappa shape index (κ1) is 14.1. The number of aryl methyl sites for hydroxylation is 1. The van der Waals surface area contributed by atoms with Crippen LogP contribution in [-0.4, -0.2) is 26.8 Å². The molecule has 112 valence electrons. The van der Waals surface area contributed by atoms with Gasteiger partial charge in [0.25, 0.3) is 0 Å². The van der Waals surface area contributed by atoms with Crippen LogP contribution in [0.2, 0.25) is 0 Å². The van der Waals surface area contributed by atoms with Crippen molar-refractivity contribution in [1.29, 1.82) is 0 Å². The van der Waals surface area contributed by atoms with Crippen LogP contribution >= 0.6 is 0 Å². The van der Waals surface area contributed by atoms with Gasteiger partial charge in [-0.3, -0.25) is 9.20 Å². The lowest BCUT2D eigenvalue weighted by atomic mass is 10.1. The predicted molar refractivity (Wildman–Crippen MR) is 81.6 cm³/mol. The van der Waals surface area contributed by atoms with Gasteiger partial charge in [0.2, 0.25) is 11.7 Å². The van der Waals surface area contributed by atoms with Gasteiger partial charge in [-0.2, -0.15) is 4.98 Å². The third-order valence-electron chi connectivity index (χ3n) is 3.52. The van der Waals surface area contributed by atoms with Crippen LogP contribution in [0.4, 0.5) is 0 Å². The number of ether oxygens (including phenoxy) is 1. The molecule has 0 aliphatic heterocycles. The number of imidazole rings is 1. The van der Waals surface area contributed by atoms with Crippen molar-refractivity contribution >= 4 is 11.4 Å². The van der Waals surface area contributed by atoms with Crippen LogP contribution in [-0.2, 0) is 6.54 Å². The number of hydrogen-bond donors (Lipinski definition) is 0. The number of methoxy groups -OCH3 is 1. The van der Waals surface area contributed by atoms with Crippen molar-refractivity contribution in [3.8, 4) is 5.88 Å². The lowest BCUT2D eigenvalue weighted by Gasteiger charge is -2.06. The van der Waals surface area contributed by atoms with Gasteiger partial charge in [-0.25, -0.2) is 4.79 Å². The number of nitrogens with zero attached hydrogens (tertiary/aromatic N) is 3. The van der Waals surface area contributed by atoms with Gasteiger partial charge in [0, 0.05) is 24.4 Å². The molecule has 6 nitrogen and oxygen atoms in total. The zero-order valence-corrected chi connectivity index (χ0v) is 12.3. The highest BCUT2D eigenvalue weighted by atomic mass is 16.5. The molecule has 0 aliphatic rings. The summed E-state index contributed by atoms with van der Waals surface area (Å²) in [6, 6.07) is 10.6. The Morgan fingerprint density at radius 1 is 1.27 bits per heavy atom. The molecular formula is C16H15N3O3. The van der Waals surface area contributed by atoms with Crippen molar-refractivity contribution < 1.29 is 9.53 Å². The number of carbonyl (C=O) groups excluding carboxylic acids is 1. The molecule has 0 unspecified atom stereocenters. The Bertz CT molecular complexity index is 894. The average molecular weight is 297 g/mol. The second-order valence-corrected chi connectivity index (χ2v) is 4.76. The topological polar surface area (TPSA) is 65.6 Å². The van der Waals surface area contributed by atoms with E-state index in [1.807, 2.05) is 25.1 Å². The highest BCUT2D eigenvalue weighted by Gasteiger charge is 2.18. The molecule has 3 aromatic rings. The van der Waals surface area contributed by atoms with E-state index in [0.717, 1.165) is 0 Å². The van der Waals surface area contributed by atoms with Gasteiger partial charge < -0.3 is 9.30 Å². The first-order chi connectivity index (χ1) is 10.7. The zero-order valence-electron chi connectivity index (χ0n) is 12.3. The lowest BCUT2D eigenvalue weighted by molar-refractivity contribution is 0.103. The van der Waals surface area contributed by atoms with E-state index in [0.29, 0.717) is 23.4 Å². The summed E-state index contributed by atoms with van der Waals surface area (Å²) >= 11 is 0. The average Bonchev–Trinajstić information content (AvgIpc) is 2.93. The molecule has 0 radical (unpaired) electrons. The molecule has 0 amide bonds. The molecule has 0 atom stereocenters.